The highest BCUT2D eigenvalue weighted by molar-refractivity contribution is 7.92. The average Bonchev–Trinajstić information content (AvgIpc) is 3.48. The van der Waals surface area contributed by atoms with E-state index in [1.54, 1.807) is 18.2 Å². The molecule has 0 aliphatic carbocycles. The molecule has 0 unspecified atom stereocenters. The van der Waals surface area contributed by atoms with E-state index < -0.39 is 45.9 Å². The molecule has 3 aliphatic heterocycles. The van der Waals surface area contributed by atoms with Gasteiger partial charge < -0.3 is 15.2 Å². The Morgan fingerprint density at radius 3 is 2.39 bits per heavy atom. The Morgan fingerprint density at radius 2 is 1.68 bits per heavy atom. The van der Waals surface area contributed by atoms with Gasteiger partial charge in [0.05, 0.1) is 28.7 Å². The van der Waals surface area contributed by atoms with Crippen LogP contribution in [0.2, 0.25) is 0 Å². The number of hydrogen-bond acceptors (Lipinski definition) is 5. The molecule has 0 saturated carbocycles. The van der Waals surface area contributed by atoms with Crippen molar-refractivity contribution < 1.29 is 27.9 Å². The van der Waals surface area contributed by atoms with Crippen molar-refractivity contribution in [3.63, 3.8) is 0 Å². The summed E-state index contributed by atoms with van der Waals surface area (Å²) >= 11 is 0. The van der Waals surface area contributed by atoms with Crippen molar-refractivity contribution >= 4 is 33.3 Å². The molecule has 1 amide bonds. The Kier molecular flexibility index (Phi) is 4.60. The van der Waals surface area contributed by atoms with Gasteiger partial charge in [0.15, 0.2) is 0 Å². The number of sulfonamides is 1. The van der Waals surface area contributed by atoms with Crippen LogP contribution >= 0.6 is 0 Å². The Labute approximate surface area is 179 Å². The molecule has 4 atom stereocenters. The van der Waals surface area contributed by atoms with Gasteiger partial charge in [-0.25, -0.2) is 8.42 Å². The van der Waals surface area contributed by atoms with Crippen LogP contribution in [0.4, 0.5) is 11.4 Å². The number of rotatable bonds is 5. The molecule has 0 spiro atoms. The number of carboxylic acids is 1. The monoisotopic (exact) mass is 440 g/mol. The van der Waals surface area contributed by atoms with Gasteiger partial charge in [0.25, 0.3) is 10.0 Å². The van der Waals surface area contributed by atoms with E-state index in [0.717, 1.165) is 5.56 Å². The van der Waals surface area contributed by atoms with Crippen LogP contribution in [-0.4, -0.2) is 44.2 Å². The van der Waals surface area contributed by atoms with Crippen molar-refractivity contribution in [2.45, 2.75) is 23.5 Å². The van der Waals surface area contributed by atoms with Crippen molar-refractivity contribution in [3.05, 3.63) is 66.2 Å². The first-order chi connectivity index (χ1) is 14.9. The highest BCUT2D eigenvalue weighted by Crippen LogP contribution is 2.40. The lowest BCUT2D eigenvalue weighted by molar-refractivity contribution is -0.145. The summed E-state index contributed by atoms with van der Waals surface area (Å²) in [5.41, 5.74) is 2.07. The summed E-state index contributed by atoms with van der Waals surface area (Å²) in [5, 5.41) is 12.1. The summed E-state index contributed by atoms with van der Waals surface area (Å²) in [6.45, 7) is 0.383. The summed E-state index contributed by atoms with van der Waals surface area (Å²) < 4.78 is 33.1. The first-order valence-electron chi connectivity index (χ1n) is 9.94. The number of carbonyl (C=O) groups excluding carboxylic acids is 1. The largest absolute Gasteiger partial charge is 0.481 e. The maximum atomic E-state index is 13.1. The maximum absolute atomic E-state index is 13.1. The number of nitrogens with one attached hydrogen (secondary N) is 1. The number of carbonyl (C=O) groups is 2. The van der Waals surface area contributed by atoms with Crippen LogP contribution in [0.3, 0.4) is 0 Å². The molecule has 1 saturated heterocycles. The normalized spacial score (nSPS) is 26.1. The van der Waals surface area contributed by atoms with Gasteiger partial charge in [-0.15, -0.1) is 0 Å². The molecular formula is C22H20N2O6S. The molecule has 2 N–H and O–H groups in total. The quantitative estimate of drug-likeness (QED) is 0.688. The summed E-state index contributed by atoms with van der Waals surface area (Å²) in [6.07, 6.45) is 2.87. The lowest BCUT2D eigenvalue weighted by Gasteiger charge is -2.21. The van der Waals surface area contributed by atoms with Gasteiger partial charge in [0.1, 0.15) is 5.92 Å². The van der Waals surface area contributed by atoms with Crippen LogP contribution in [0.5, 0.6) is 0 Å². The summed E-state index contributed by atoms with van der Waals surface area (Å²) in [7, 11) is -3.73. The Bertz CT molecular complexity index is 1190. The molecule has 2 bridgehead atoms. The third kappa shape index (κ3) is 3.21. The van der Waals surface area contributed by atoms with Crippen molar-refractivity contribution in [1.82, 2.24) is 0 Å². The Hall–Kier alpha value is -3.17. The fraction of sp³-hybridized carbons (Fsp3) is 0.273. The van der Waals surface area contributed by atoms with Gasteiger partial charge in [-0.3, -0.25) is 13.9 Å². The second kappa shape index (κ2) is 7.21. The van der Waals surface area contributed by atoms with E-state index in [1.807, 2.05) is 18.2 Å². The standard InChI is InChI=1S/C22H20N2O6S/c25-21(19-17-9-10-18(30-17)20(19)22(26)27)23-14-5-7-15(8-6-14)31(28,29)24-12-11-13-3-1-2-4-16(13)24/h1-10,17-20H,11-12H2,(H,23,25)(H,26,27)/t17-,18+,19+,20-/m1/s1. The third-order valence-electron chi connectivity index (χ3n) is 6.04. The zero-order valence-corrected chi connectivity index (χ0v) is 17.2. The molecule has 3 aliphatic rings. The molecule has 2 aromatic rings. The SMILES string of the molecule is O=C(Nc1ccc(S(=O)(=O)N2CCc3ccccc32)cc1)[C@@H]1[C@H](C(=O)O)[C@@H]2C=C[C@H]1O2. The molecule has 3 heterocycles. The number of fused-ring (bicyclic) bond motifs is 3. The van der Waals surface area contributed by atoms with Gasteiger partial charge in [-0.05, 0) is 42.3 Å². The minimum Gasteiger partial charge on any atom is -0.481 e. The van der Waals surface area contributed by atoms with Crippen molar-refractivity contribution in [1.29, 1.82) is 0 Å². The highest BCUT2D eigenvalue weighted by Gasteiger charge is 2.53. The topological polar surface area (TPSA) is 113 Å². The van der Waals surface area contributed by atoms with E-state index >= 15 is 0 Å². The van der Waals surface area contributed by atoms with Crippen molar-refractivity contribution in [2.24, 2.45) is 11.8 Å². The number of amides is 1. The van der Waals surface area contributed by atoms with Crippen LogP contribution in [0, 0.1) is 11.8 Å². The average molecular weight is 440 g/mol. The number of para-hydroxylation sites is 1. The van der Waals surface area contributed by atoms with E-state index in [2.05, 4.69) is 5.32 Å². The molecule has 0 aromatic heterocycles. The number of anilines is 2. The molecule has 31 heavy (non-hydrogen) atoms. The van der Waals surface area contributed by atoms with Gasteiger partial charge in [0, 0.05) is 12.2 Å². The summed E-state index contributed by atoms with van der Waals surface area (Å²) in [5.74, 6) is -3.32. The second-order valence-corrected chi connectivity index (χ2v) is 9.67. The number of ether oxygens (including phenoxy) is 1. The first kappa shape index (κ1) is 19.8. The van der Waals surface area contributed by atoms with E-state index in [1.165, 1.54) is 28.6 Å². The fourth-order valence-electron chi connectivity index (χ4n) is 4.54. The van der Waals surface area contributed by atoms with Crippen molar-refractivity contribution in [3.8, 4) is 0 Å². The zero-order chi connectivity index (χ0) is 21.8. The van der Waals surface area contributed by atoms with Crippen LogP contribution < -0.4 is 9.62 Å². The number of aliphatic carboxylic acids is 1. The fourth-order valence-corrected chi connectivity index (χ4v) is 6.04. The summed E-state index contributed by atoms with van der Waals surface area (Å²) in [6, 6.07) is 13.3. The molecular weight excluding hydrogens is 420 g/mol. The Morgan fingerprint density at radius 1 is 1.00 bits per heavy atom. The van der Waals surface area contributed by atoms with E-state index in [0.29, 0.717) is 24.3 Å². The van der Waals surface area contributed by atoms with Crippen LogP contribution in [0.25, 0.3) is 0 Å². The second-order valence-electron chi connectivity index (χ2n) is 7.81. The molecule has 5 rings (SSSR count). The summed E-state index contributed by atoms with van der Waals surface area (Å²) in [4.78, 5) is 24.4. The highest BCUT2D eigenvalue weighted by atomic mass is 32.2. The molecule has 0 radical (unpaired) electrons. The van der Waals surface area contributed by atoms with Crippen LogP contribution in [0.1, 0.15) is 5.56 Å². The molecule has 8 nitrogen and oxygen atoms in total. The molecule has 2 aromatic carbocycles. The minimum atomic E-state index is -3.73. The number of benzene rings is 2. The third-order valence-corrected chi connectivity index (χ3v) is 7.87. The van der Waals surface area contributed by atoms with Gasteiger partial charge in [-0.2, -0.15) is 0 Å². The van der Waals surface area contributed by atoms with Gasteiger partial charge in [-0.1, -0.05) is 30.4 Å². The number of nitrogens with zero attached hydrogens (tertiary/aromatic N) is 1. The number of hydrogen-bond donors (Lipinski definition) is 2. The molecule has 160 valence electrons. The van der Waals surface area contributed by atoms with Gasteiger partial charge in [0.2, 0.25) is 5.91 Å². The smallest absolute Gasteiger partial charge is 0.310 e. The predicted octanol–water partition coefficient (Wildman–Crippen LogP) is 2.03. The number of carboxylic acid groups (broad SMARTS) is 1. The van der Waals surface area contributed by atoms with Crippen LogP contribution in [0.15, 0.2) is 65.6 Å². The maximum Gasteiger partial charge on any atom is 0.310 e. The lowest BCUT2D eigenvalue weighted by Crippen LogP contribution is -2.39. The zero-order valence-electron chi connectivity index (χ0n) is 16.3. The van der Waals surface area contributed by atoms with Crippen LogP contribution in [-0.2, 0) is 30.8 Å². The Balaban J connectivity index is 1.33. The van der Waals surface area contributed by atoms with Gasteiger partial charge >= 0.3 is 5.97 Å². The first-order valence-corrected chi connectivity index (χ1v) is 11.4. The predicted molar refractivity (Wildman–Crippen MR) is 112 cm³/mol. The van der Waals surface area contributed by atoms with E-state index in [-0.39, 0.29) is 4.90 Å². The molecule has 9 heteroatoms. The lowest BCUT2D eigenvalue weighted by atomic mass is 9.82. The van der Waals surface area contributed by atoms with Crippen molar-refractivity contribution in [2.75, 3.05) is 16.2 Å². The van der Waals surface area contributed by atoms with E-state index in [9.17, 15) is 23.1 Å². The molecule has 1 fully saturated rings. The van der Waals surface area contributed by atoms with E-state index in [4.69, 9.17) is 4.74 Å². The minimum absolute atomic E-state index is 0.122.